The molecular weight excluding hydrogens is 292 g/mol. The summed E-state index contributed by atoms with van der Waals surface area (Å²) >= 11 is 3.53. The molecule has 4 heteroatoms. The van der Waals surface area contributed by atoms with Gasteiger partial charge in [-0.1, -0.05) is 15.9 Å². The van der Waals surface area contributed by atoms with Gasteiger partial charge in [0.05, 0.1) is 7.11 Å². The minimum Gasteiger partial charge on any atom is -0.496 e. The molecule has 1 aliphatic rings. The molecule has 1 aromatic carbocycles. The lowest BCUT2D eigenvalue weighted by Gasteiger charge is -2.23. The summed E-state index contributed by atoms with van der Waals surface area (Å²) in [5.74, 6) is 0.975. The fraction of sp³-hybridized carbons (Fsp3) is 0.571. The highest BCUT2D eigenvalue weighted by atomic mass is 79.9. The number of nitrogens with zero attached hydrogens (tertiary/aromatic N) is 1. The van der Waals surface area contributed by atoms with Crippen LogP contribution < -0.4 is 10.1 Å². The molecule has 1 unspecified atom stereocenters. The Kier molecular flexibility index (Phi) is 5.03. The van der Waals surface area contributed by atoms with Crippen molar-refractivity contribution in [1.82, 2.24) is 10.2 Å². The predicted molar refractivity (Wildman–Crippen MR) is 78.1 cm³/mol. The van der Waals surface area contributed by atoms with Gasteiger partial charge >= 0.3 is 0 Å². The van der Waals surface area contributed by atoms with Crippen LogP contribution in [-0.2, 0) is 6.54 Å². The number of halogens is 1. The van der Waals surface area contributed by atoms with E-state index in [1.54, 1.807) is 7.11 Å². The van der Waals surface area contributed by atoms with Gasteiger partial charge in [0.15, 0.2) is 0 Å². The Bertz CT molecular complexity index is 397. The molecule has 100 valence electrons. The van der Waals surface area contributed by atoms with Crippen LogP contribution in [0.25, 0.3) is 0 Å². The first kappa shape index (κ1) is 13.8. The van der Waals surface area contributed by atoms with Crippen molar-refractivity contribution in [3.05, 3.63) is 28.2 Å². The van der Waals surface area contributed by atoms with Gasteiger partial charge in [-0.05, 0) is 44.6 Å². The maximum absolute atomic E-state index is 5.44. The Labute approximate surface area is 118 Å². The third-order valence-electron chi connectivity index (χ3n) is 3.31. The Morgan fingerprint density at radius 3 is 3.11 bits per heavy atom. The van der Waals surface area contributed by atoms with Crippen molar-refractivity contribution in [3.8, 4) is 5.75 Å². The lowest BCUT2D eigenvalue weighted by molar-refractivity contribution is 0.260. The highest BCUT2D eigenvalue weighted by molar-refractivity contribution is 9.10. The van der Waals surface area contributed by atoms with Gasteiger partial charge in [-0.3, -0.25) is 4.90 Å². The van der Waals surface area contributed by atoms with E-state index in [0.29, 0.717) is 6.04 Å². The first-order valence-electron chi connectivity index (χ1n) is 6.47. The lowest BCUT2D eigenvalue weighted by atomic mass is 10.1. The topological polar surface area (TPSA) is 24.5 Å². The minimum absolute atomic E-state index is 0.561. The molecule has 1 aliphatic heterocycles. The van der Waals surface area contributed by atoms with Crippen LogP contribution >= 0.6 is 15.9 Å². The zero-order valence-corrected chi connectivity index (χ0v) is 12.7. The Hall–Kier alpha value is -0.580. The molecule has 1 aromatic rings. The van der Waals surface area contributed by atoms with Crippen molar-refractivity contribution < 1.29 is 4.74 Å². The zero-order valence-electron chi connectivity index (χ0n) is 11.1. The monoisotopic (exact) mass is 312 g/mol. The van der Waals surface area contributed by atoms with Gasteiger partial charge in [0.1, 0.15) is 5.75 Å². The van der Waals surface area contributed by atoms with E-state index in [1.807, 2.05) is 12.1 Å². The summed E-state index contributed by atoms with van der Waals surface area (Å²) in [5.41, 5.74) is 1.25. The van der Waals surface area contributed by atoms with Gasteiger partial charge in [0, 0.05) is 29.2 Å². The van der Waals surface area contributed by atoms with Gasteiger partial charge in [-0.2, -0.15) is 0 Å². The van der Waals surface area contributed by atoms with Gasteiger partial charge < -0.3 is 10.1 Å². The largest absolute Gasteiger partial charge is 0.496 e. The van der Waals surface area contributed by atoms with Crippen LogP contribution in [0.5, 0.6) is 5.75 Å². The summed E-state index contributed by atoms with van der Waals surface area (Å²) < 4.78 is 6.55. The molecule has 1 fully saturated rings. The van der Waals surface area contributed by atoms with Crippen molar-refractivity contribution >= 4 is 15.9 Å². The Balaban J connectivity index is 2.09. The normalized spacial score (nSPS) is 21.6. The third kappa shape index (κ3) is 3.70. The summed E-state index contributed by atoms with van der Waals surface area (Å²) in [6.07, 6.45) is 1.21. The number of hydrogen-bond acceptors (Lipinski definition) is 3. The first-order valence-corrected chi connectivity index (χ1v) is 7.26. The summed E-state index contributed by atoms with van der Waals surface area (Å²) in [6.45, 7) is 6.56. The molecule has 1 atom stereocenters. The number of rotatable bonds is 3. The molecule has 0 amide bonds. The van der Waals surface area contributed by atoms with Gasteiger partial charge in [0.2, 0.25) is 0 Å². The van der Waals surface area contributed by atoms with Crippen LogP contribution in [0.2, 0.25) is 0 Å². The molecule has 3 nitrogen and oxygen atoms in total. The molecule has 1 saturated heterocycles. The predicted octanol–water partition coefficient (Wildman–Crippen LogP) is 2.64. The standard InChI is InChI=1S/C14H21BrN2O/c1-11-9-17(7-3-6-16-11)10-12-8-13(15)4-5-14(12)18-2/h4-5,8,11,16H,3,6-7,9-10H2,1-2H3. The van der Waals surface area contributed by atoms with E-state index in [2.05, 4.69) is 39.1 Å². The van der Waals surface area contributed by atoms with E-state index in [0.717, 1.165) is 36.4 Å². The molecule has 1 heterocycles. The van der Waals surface area contributed by atoms with Crippen molar-refractivity contribution in [1.29, 1.82) is 0 Å². The quantitative estimate of drug-likeness (QED) is 0.928. The summed E-state index contributed by atoms with van der Waals surface area (Å²) in [4.78, 5) is 2.50. The molecule has 0 bridgehead atoms. The average Bonchev–Trinajstić information content (AvgIpc) is 2.54. The van der Waals surface area contributed by atoms with Crippen LogP contribution in [0, 0.1) is 0 Å². The maximum atomic E-state index is 5.44. The molecular formula is C14H21BrN2O. The molecule has 1 N–H and O–H groups in total. The van der Waals surface area contributed by atoms with Crippen molar-refractivity contribution in [2.45, 2.75) is 25.9 Å². The molecule has 0 radical (unpaired) electrons. The molecule has 0 aliphatic carbocycles. The molecule has 18 heavy (non-hydrogen) atoms. The van der Waals surface area contributed by atoms with E-state index >= 15 is 0 Å². The first-order chi connectivity index (χ1) is 8.69. The number of ether oxygens (including phenoxy) is 1. The van der Waals surface area contributed by atoms with Gasteiger partial charge in [-0.25, -0.2) is 0 Å². The summed E-state index contributed by atoms with van der Waals surface area (Å²) in [5, 5.41) is 3.52. The Morgan fingerprint density at radius 1 is 1.50 bits per heavy atom. The number of benzene rings is 1. The Morgan fingerprint density at radius 2 is 2.33 bits per heavy atom. The third-order valence-corrected chi connectivity index (χ3v) is 3.81. The van der Waals surface area contributed by atoms with Crippen molar-refractivity contribution in [2.75, 3.05) is 26.7 Å². The van der Waals surface area contributed by atoms with Gasteiger partial charge in [-0.15, -0.1) is 0 Å². The van der Waals surface area contributed by atoms with Gasteiger partial charge in [0.25, 0.3) is 0 Å². The smallest absolute Gasteiger partial charge is 0.123 e. The molecule has 2 rings (SSSR count). The second kappa shape index (κ2) is 6.55. The van der Waals surface area contributed by atoms with Crippen molar-refractivity contribution in [2.24, 2.45) is 0 Å². The SMILES string of the molecule is COc1ccc(Br)cc1CN1CCCNC(C)C1. The zero-order chi connectivity index (χ0) is 13.0. The number of hydrogen-bond donors (Lipinski definition) is 1. The number of methoxy groups -OCH3 is 1. The second-order valence-corrected chi connectivity index (χ2v) is 5.82. The average molecular weight is 313 g/mol. The van der Waals surface area contributed by atoms with Crippen LogP contribution in [0.1, 0.15) is 18.9 Å². The van der Waals surface area contributed by atoms with E-state index in [1.165, 1.54) is 12.0 Å². The fourth-order valence-electron chi connectivity index (χ4n) is 2.45. The van der Waals surface area contributed by atoms with Crippen LogP contribution in [0.4, 0.5) is 0 Å². The van der Waals surface area contributed by atoms with E-state index in [9.17, 15) is 0 Å². The summed E-state index contributed by atoms with van der Waals surface area (Å²) in [6, 6.07) is 6.76. The van der Waals surface area contributed by atoms with Crippen LogP contribution in [-0.4, -0.2) is 37.7 Å². The fourth-order valence-corrected chi connectivity index (χ4v) is 2.86. The highest BCUT2D eigenvalue weighted by Gasteiger charge is 2.15. The highest BCUT2D eigenvalue weighted by Crippen LogP contribution is 2.24. The van der Waals surface area contributed by atoms with Crippen molar-refractivity contribution in [3.63, 3.8) is 0 Å². The van der Waals surface area contributed by atoms with Crippen LogP contribution in [0.15, 0.2) is 22.7 Å². The van der Waals surface area contributed by atoms with Crippen LogP contribution in [0.3, 0.4) is 0 Å². The molecule has 0 spiro atoms. The molecule has 0 saturated carbocycles. The maximum Gasteiger partial charge on any atom is 0.123 e. The summed E-state index contributed by atoms with van der Waals surface area (Å²) in [7, 11) is 1.74. The lowest BCUT2D eigenvalue weighted by Crippen LogP contribution is -2.35. The number of nitrogens with one attached hydrogen (secondary N) is 1. The second-order valence-electron chi connectivity index (χ2n) is 4.90. The van der Waals surface area contributed by atoms with E-state index in [4.69, 9.17) is 4.74 Å². The van der Waals surface area contributed by atoms with E-state index < -0.39 is 0 Å². The van der Waals surface area contributed by atoms with E-state index in [-0.39, 0.29) is 0 Å². The minimum atomic E-state index is 0.561. The molecule has 0 aromatic heterocycles.